The summed E-state index contributed by atoms with van der Waals surface area (Å²) in [6, 6.07) is 1.96. The molecule has 0 saturated heterocycles. The van der Waals surface area contributed by atoms with Crippen LogP contribution in [0.5, 0.6) is 0 Å². The minimum atomic E-state index is 0.683. The first kappa shape index (κ1) is 11.1. The van der Waals surface area contributed by atoms with Gasteiger partial charge in [-0.05, 0) is 18.5 Å². The lowest BCUT2D eigenvalue weighted by Crippen LogP contribution is -2.19. The van der Waals surface area contributed by atoms with Crippen LogP contribution in [-0.2, 0) is 13.0 Å². The van der Waals surface area contributed by atoms with Gasteiger partial charge in [0.1, 0.15) is 5.82 Å². The Bertz CT molecular complexity index is 271. The summed E-state index contributed by atoms with van der Waals surface area (Å²) in [5.41, 5.74) is 1.08. The summed E-state index contributed by atoms with van der Waals surface area (Å²) in [5.74, 6) is 1.61. The van der Waals surface area contributed by atoms with Crippen LogP contribution in [0.2, 0.25) is 0 Å². The Morgan fingerprint density at radius 3 is 2.86 bits per heavy atom. The third kappa shape index (κ3) is 3.83. The lowest BCUT2D eigenvalue weighted by molar-refractivity contribution is 0.547. The van der Waals surface area contributed by atoms with Crippen LogP contribution in [0.4, 0.5) is 0 Å². The average Bonchev–Trinajstić information content (AvgIpc) is 2.18. The second-order valence-corrected chi connectivity index (χ2v) is 3.84. The van der Waals surface area contributed by atoms with E-state index >= 15 is 0 Å². The molecule has 0 atom stereocenters. The molecule has 78 valence electrons. The van der Waals surface area contributed by atoms with Crippen LogP contribution in [0.15, 0.2) is 12.3 Å². The molecule has 0 saturated carbocycles. The minimum Gasteiger partial charge on any atom is -0.311 e. The standard InChI is InChI=1S/C11H19N3/c1-4-11-13-6-5-10(14-11)8-12-7-9(2)3/h5-6,9,12H,4,7-8H2,1-3H3. The first-order chi connectivity index (χ1) is 6.72. The Labute approximate surface area is 86.0 Å². The predicted molar refractivity (Wildman–Crippen MR) is 58.0 cm³/mol. The molecular weight excluding hydrogens is 174 g/mol. The zero-order valence-electron chi connectivity index (χ0n) is 9.25. The molecule has 0 bridgehead atoms. The van der Waals surface area contributed by atoms with E-state index in [1.165, 1.54) is 0 Å². The van der Waals surface area contributed by atoms with Crippen LogP contribution >= 0.6 is 0 Å². The highest BCUT2D eigenvalue weighted by Gasteiger charge is 1.98. The van der Waals surface area contributed by atoms with Crippen LogP contribution in [0.25, 0.3) is 0 Å². The summed E-state index contributed by atoms with van der Waals surface area (Å²) in [4.78, 5) is 8.58. The molecule has 1 aromatic rings. The molecule has 0 spiro atoms. The minimum absolute atomic E-state index is 0.683. The first-order valence-electron chi connectivity index (χ1n) is 5.24. The molecule has 0 aliphatic carbocycles. The van der Waals surface area contributed by atoms with E-state index in [2.05, 4.69) is 36.1 Å². The molecule has 0 fully saturated rings. The van der Waals surface area contributed by atoms with Crippen molar-refractivity contribution in [3.8, 4) is 0 Å². The SMILES string of the molecule is CCc1nccc(CNCC(C)C)n1. The molecule has 0 aliphatic rings. The van der Waals surface area contributed by atoms with Gasteiger partial charge in [0.2, 0.25) is 0 Å². The Morgan fingerprint density at radius 1 is 1.43 bits per heavy atom. The number of hydrogen-bond donors (Lipinski definition) is 1. The lowest BCUT2D eigenvalue weighted by atomic mass is 10.2. The molecule has 0 radical (unpaired) electrons. The van der Waals surface area contributed by atoms with Gasteiger partial charge in [-0.15, -0.1) is 0 Å². The Hall–Kier alpha value is -0.960. The smallest absolute Gasteiger partial charge is 0.128 e. The van der Waals surface area contributed by atoms with E-state index in [1.54, 1.807) is 0 Å². The normalized spacial score (nSPS) is 10.9. The third-order valence-electron chi connectivity index (χ3n) is 1.94. The fraction of sp³-hybridized carbons (Fsp3) is 0.636. The van der Waals surface area contributed by atoms with E-state index in [0.717, 1.165) is 31.0 Å². The van der Waals surface area contributed by atoms with E-state index < -0.39 is 0 Å². The number of aryl methyl sites for hydroxylation is 1. The Morgan fingerprint density at radius 2 is 2.21 bits per heavy atom. The van der Waals surface area contributed by atoms with Crippen molar-refractivity contribution in [1.82, 2.24) is 15.3 Å². The van der Waals surface area contributed by atoms with Crippen LogP contribution in [0, 0.1) is 5.92 Å². The van der Waals surface area contributed by atoms with Crippen molar-refractivity contribution < 1.29 is 0 Å². The molecule has 0 amide bonds. The van der Waals surface area contributed by atoms with E-state index in [4.69, 9.17) is 0 Å². The maximum absolute atomic E-state index is 4.41. The largest absolute Gasteiger partial charge is 0.311 e. The average molecular weight is 193 g/mol. The number of aromatic nitrogens is 2. The fourth-order valence-electron chi connectivity index (χ4n) is 1.20. The zero-order chi connectivity index (χ0) is 10.4. The molecule has 3 heteroatoms. The van der Waals surface area contributed by atoms with Crippen LogP contribution in [0.3, 0.4) is 0 Å². The summed E-state index contributed by atoms with van der Waals surface area (Å²) in [5, 5.41) is 3.36. The van der Waals surface area contributed by atoms with E-state index in [9.17, 15) is 0 Å². The second kappa shape index (κ2) is 5.70. The fourth-order valence-corrected chi connectivity index (χ4v) is 1.20. The predicted octanol–water partition coefficient (Wildman–Crippen LogP) is 1.78. The monoisotopic (exact) mass is 193 g/mol. The summed E-state index contributed by atoms with van der Waals surface area (Å²) < 4.78 is 0. The zero-order valence-corrected chi connectivity index (χ0v) is 9.25. The van der Waals surface area contributed by atoms with Crippen LogP contribution in [-0.4, -0.2) is 16.5 Å². The summed E-state index contributed by atoms with van der Waals surface area (Å²) in [7, 11) is 0. The maximum Gasteiger partial charge on any atom is 0.128 e. The molecule has 0 aliphatic heterocycles. The van der Waals surface area contributed by atoms with E-state index in [-0.39, 0.29) is 0 Å². The number of nitrogens with one attached hydrogen (secondary N) is 1. The van der Waals surface area contributed by atoms with Gasteiger partial charge in [-0.25, -0.2) is 9.97 Å². The van der Waals surface area contributed by atoms with Crippen molar-refractivity contribution in [2.24, 2.45) is 5.92 Å². The second-order valence-electron chi connectivity index (χ2n) is 3.84. The summed E-state index contributed by atoms with van der Waals surface area (Å²) >= 11 is 0. The van der Waals surface area contributed by atoms with Gasteiger partial charge in [-0.2, -0.15) is 0 Å². The van der Waals surface area contributed by atoms with Gasteiger partial charge in [0.25, 0.3) is 0 Å². The summed E-state index contributed by atoms with van der Waals surface area (Å²) in [6.07, 6.45) is 2.73. The lowest BCUT2D eigenvalue weighted by Gasteiger charge is -2.07. The molecule has 1 heterocycles. The third-order valence-corrected chi connectivity index (χ3v) is 1.94. The van der Waals surface area contributed by atoms with Crippen LogP contribution in [0.1, 0.15) is 32.3 Å². The molecule has 1 rings (SSSR count). The van der Waals surface area contributed by atoms with Gasteiger partial charge in [0.15, 0.2) is 0 Å². The van der Waals surface area contributed by atoms with Crippen LogP contribution < -0.4 is 5.32 Å². The van der Waals surface area contributed by atoms with E-state index in [1.807, 2.05) is 12.3 Å². The highest BCUT2D eigenvalue weighted by molar-refractivity contribution is 5.01. The first-order valence-corrected chi connectivity index (χ1v) is 5.24. The van der Waals surface area contributed by atoms with Gasteiger partial charge in [0, 0.05) is 19.2 Å². The van der Waals surface area contributed by atoms with Gasteiger partial charge >= 0.3 is 0 Å². The summed E-state index contributed by atoms with van der Waals surface area (Å²) in [6.45, 7) is 8.34. The molecular formula is C11H19N3. The van der Waals surface area contributed by atoms with Crippen molar-refractivity contribution in [3.05, 3.63) is 23.8 Å². The van der Waals surface area contributed by atoms with Crippen molar-refractivity contribution >= 4 is 0 Å². The molecule has 14 heavy (non-hydrogen) atoms. The molecule has 3 nitrogen and oxygen atoms in total. The number of nitrogens with zero attached hydrogens (tertiary/aromatic N) is 2. The van der Waals surface area contributed by atoms with Crippen molar-refractivity contribution in [2.75, 3.05) is 6.54 Å². The van der Waals surface area contributed by atoms with Gasteiger partial charge in [-0.3, -0.25) is 0 Å². The van der Waals surface area contributed by atoms with Crippen molar-refractivity contribution in [3.63, 3.8) is 0 Å². The Balaban J connectivity index is 2.42. The van der Waals surface area contributed by atoms with Gasteiger partial charge in [0.05, 0.1) is 5.69 Å². The molecule has 0 unspecified atom stereocenters. The number of rotatable bonds is 5. The highest BCUT2D eigenvalue weighted by Crippen LogP contribution is 1.96. The van der Waals surface area contributed by atoms with Crippen molar-refractivity contribution in [2.45, 2.75) is 33.7 Å². The van der Waals surface area contributed by atoms with Crippen molar-refractivity contribution in [1.29, 1.82) is 0 Å². The topological polar surface area (TPSA) is 37.8 Å². The Kier molecular flexibility index (Phi) is 4.53. The van der Waals surface area contributed by atoms with Gasteiger partial charge in [-0.1, -0.05) is 20.8 Å². The molecule has 1 N–H and O–H groups in total. The molecule has 0 aromatic carbocycles. The van der Waals surface area contributed by atoms with E-state index in [0.29, 0.717) is 5.92 Å². The quantitative estimate of drug-likeness (QED) is 0.774. The van der Waals surface area contributed by atoms with Gasteiger partial charge < -0.3 is 5.32 Å². The number of hydrogen-bond acceptors (Lipinski definition) is 3. The highest BCUT2D eigenvalue weighted by atomic mass is 14.9. The molecule has 1 aromatic heterocycles. The maximum atomic E-state index is 4.41.